The van der Waals surface area contributed by atoms with Crippen LogP contribution in [0.3, 0.4) is 0 Å². The molecule has 0 aliphatic carbocycles. The molecule has 0 spiro atoms. The van der Waals surface area contributed by atoms with Crippen LogP contribution in [0.1, 0.15) is 130 Å². The van der Waals surface area contributed by atoms with Crippen molar-refractivity contribution in [3.63, 3.8) is 0 Å². The maximum absolute atomic E-state index is 9.73. The van der Waals surface area contributed by atoms with E-state index in [9.17, 15) is 5.11 Å². The fourth-order valence-corrected chi connectivity index (χ4v) is 3.58. The van der Waals surface area contributed by atoms with Crippen molar-refractivity contribution in [2.45, 2.75) is 136 Å². The van der Waals surface area contributed by atoms with Crippen molar-refractivity contribution in [2.24, 2.45) is 5.92 Å². The van der Waals surface area contributed by atoms with Crippen LogP contribution in [0.15, 0.2) is 0 Å². The third-order valence-electron chi connectivity index (χ3n) is 5.20. The Morgan fingerprint density at radius 3 is 1.38 bits per heavy atom. The van der Waals surface area contributed by atoms with Crippen LogP contribution < -0.4 is 0 Å². The minimum atomic E-state index is -0.281. The van der Waals surface area contributed by atoms with Gasteiger partial charge in [0.25, 0.3) is 0 Å². The molecule has 1 atom stereocenters. The van der Waals surface area contributed by atoms with Crippen LogP contribution in [-0.2, 0) is 4.74 Å². The Hall–Kier alpha value is -0.0800. The Morgan fingerprint density at radius 2 is 1.00 bits per heavy atom. The Labute approximate surface area is 165 Å². The Bertz CT molecular complexity index is 253. The molecule has 2 heteroatoms. The summed E-state index contributed by atoms with van der Waals surface area (Å²) >= 11 is 0. The first-order chi connectivity index (χ1) is 12.7. The second-order valence-electron chi connectivity index (χ2n) is 8.66. The van der Waals surface area contributed by atoms with E-state index in [2.05, 4.69) is 20.8 Å². The molecule has 158 valence electrons. The number of unbranched alkanes of at least 4 members (excludes halogenated alkanes) is 15. The first-order valence-corrected chi connectivity index (χ1v) is 11.9. The molecule has 0 aromatic heterocycles. The van der Waals surface area contributed by atoms with Gasteiger partial charge >= 0.3 is 0 Å². The first kappa shape index (κ1) is 25.9. The highest BCUT2D eigenvalue weighted by atomic mass is 16.5. The Morgan fingerprint density at radius 1 is 0.615 bits per heavy atom. The van der Waals surface area contributed by atoms with E-state index in [0.717, 1.165) is 19.4 Å². The zero-order valence-corrected chi connectivity index (χ0v) is 18.4. The van der Waals surface area contributed by atoms with Gasteiger partial charge in [0, 0.05) is 6.61 Å². The number of aliphatic hydroxyl groups is 1. The standard InChI is InChI=1S/C24H50O2/c1-4-5-6-7-8-9-10-11-12-13-14-15-16-17-18-19-20-26-22-24(25)21-23(2)3/h23-25H,4-22H2,1-3H3. The summed E-state index contributed by atoms with van der Waals surface area (Å²) in [5.74, 6) is 0.546. The normalized spacial score (nSPS) is 12.8. The van der Waals surface area contributed by atoms with Gasteiger partial charge in [-0.05, 0) is 18.8 Å². The molecule has 26 heavy (non-hydrogen) atoms. The Kier molecular flexibility index (Phi) is 21.2. The summed E-state index contributed by atoms with van der Waals surface area (Å²) in [5.41, 5.74) is 0. The van der Waals surface area contributed by atoms with E-state index in [4.69, 9.17) is 4.74 Å². The average molecular weight is 371 g/mol. The van der Waals surface area contributed by atoms with Crippen LogP contribution >= 0.6 is 0 Å². The highest BCUT2D eigenvalue weighted by Gasteiger charge is 2.06. The minimum Gasteiger partial charge on any atom is -0.391 e. The largest absolute Gasteiger partial charge is 0.391 e. The molecule has 0 rings (SSSR count). The molecule has 0 bridgehead atoms. The molecule has 0 radical (unpaired) electrons. The monoisotopic (exact) mass is 370 g/mol. The number of hydrogen-bond acceptors (Lipinski definition) is 2. The quantitative estimate of drug-likeness (QED) is 0.210. The summed E-state index contributed by atoms with van der Waals surface area (Å²) in [6.45, 7) is 7.89. The van der Waals surface area contributed by atoms with Crippen molar-refractivity contribution in [1.82, 2.24) is 0 Å². The van der Waals surface area contributed by atoms with Crippen molar-refractivity contribution in [1.29, 1.82) is 0 Å². The van der Waals surface area contributed by atoms with E-state index < -0.39 is 0 Å². The molecule has 0 aromatic carbocycles. The van der Waals surface area contributed by atoms with Gasteiger partial charge in [-0.3, -0.25) is 0 Å². The van der Waals surface area contributed by atoms with Gasteiger partial charge in [-0.25, -0.2) is 0 Å². The lowest BCUT2D eigenvalue weighted by atomic mass is 10.0. The van der Waals surface area contributed by atoms with Gasteiger partial charge in [0.2, 0.25) is 0 Å². The van der Waals surface area contributed by atoms with Crippen molar-refractivity contribution in [3.05, 3.63) is 0 Å². The molecular formula is C24H50O2. The molecule has 1 unspecified atom stereocenters. The average Bonchev–Trinajstić information content (AvgIpc) is 2.60. The van der Waals surface area contributed by atoms with Crippen molar-refractivity contribution >= 4 is 0 Å². The fourth-order valence-electron chi connectivity index (χ4n) is 3.58. The predicted octanol–water partition coefficient (Wildman–Crippen LogP) is 7.67. The second-order valence-corrected chi connectivity index (χ2v) is 8.66. The molecule has 0 amide bonds. The summed E-state index contributed by atoms with van der Waals surface area (Å²) in [4.78, 5) is 0. The van der Waals surface area contributed by atoms with Crippen molar-refractivity contribution < 1.29 is 9.84 Å². The Balaban J connectivity index is 3.05. The molecule has 0 saturated carbocycles. The summed E-state index contributed by atoms with van der Waals surface area (Å²) in [6, 6.07) is 0. The molecule has 0 aromatic rings. The van der Waals surface area contributed by atoms with Crippen molar-refractivity contribution in [2.75, 3.05) is 13.2 Å². The van der Waals surface area contributed by atoms with Crippen LogP contribution in [0.4, 0.5) is 0 Å². The fraction of sp³-hybridized carbons (Fsp3) is 1.00. The highest BCUT2D eigenvalue weighted by molar-refractivity contribution is 4.57. The summed E-state index contributed by atoms with van der Waals surface area (Å²) in [6.07, 6.45) is 22.9. The third-order valence-corrected chi connectivity index (χ3v) is 5.20. The van der Waals surface area contributed by atoms with Gasteiger partial charge in [-0.2, -0.15) is 0 Å². The van der Waals surface area contributed by atoms with E-state index in [1.165, 1.54) is 96.3 Å². The maximum atomic E-state index is 9.73. The number of aliphatic hydroxyl groups excluding tert-OH is 1. The van der Waals surface area contributed by atoms with E-state index in [1.54, 1.807) is 0 Å². The number of rotatable bonds is 21. The van der Waals surface area contributed by atoms with E-state index in [1.807, 2.05) is 0 Å². The molecule has 2 nitrogen and oxygen atoms in total. The van der Waals surface area contributed by atoms with Crippen LogP contribution in [-0.4, -0.2) is 24.4 Å². The zero-order valence-electron chi connectivity index (χ0n) is 18.4. The van der Waals surface area contributed by atoms with Gasteiger partial charge < -0.3 is 9.84 Å². The molecule has 0 aliphatic rings. The number of ether oxygens (including phenoxy) is 1. The lowest BCUT2D eigenvalue weighted by Crippen LogP contribution is -2.17. The molecule has 0 saturated heterocycles. The molecule has 1 N–H and O–H groups in total. The minimum absolute atomic E-state index is 0.281. The first-order valence-electron chi connectivity index (χ1n) is 11.9. The summed E-state index contributed by atoms with van der Waals surface area (Å²) < 4.78 is 5.57. The number of hydrogen-bond donors (Lipinski definition) is 1. The molecule has 0 heterocycles. The lowest BCUT2D eigenvalue weighted by molar-refractivity contribution is 0.0250. The van der Waals surface area contributed by atoms with E-state index in [0.29, 0.717) is 12.5 Å². The van der Waals surface area contributed by atoms with Crippen LogP contribution in [0.2, 0.25) is 0 Å². The zero-order chi connectivity index (χ0) is 19.3. The van der Waals surface area contributed by atoms with Gasteiger partial charge in [0.05, 0.1) is 12.7 Å². The topological polar surface area (TPSA) is 29.5 Å². The summed E-state index contributed by atoms with van der Waals surface area (Å²) in [7, 11) is 0. The van der Waals surface area contributed by atoms with Gasteiger partial charge in [0.1, 0.15) is 0 Å². The molecule has 0 aliphatic heterocycles. The predicted molar refractivity (Wildman–Crippen MR) is 116 cm³/mol. The van der Waals surface area contributed by atoms with Gasteiger partial charge in [0.15, 0.2) is 0 Å². The van der Waals surface area contributed by atoms with Crippen LogP contribution in [0, 0.1) is 5.92 Å². The maximum Gasteiger partial charge on any atom is 0.0776 e. The van der Waals surface area contributed by atoms with E-state index >= 15 is 0 Å². The highest BCUT2D eigenvalue weighted by Crippen LogP contribution is 2.13. The molecule has 0 fully saturated rings. The summed E-state index contributed by atoms with van der Waals surface area (Å²) in [5, 5.41) is 9.73. The van der Waals surface area contributed by atoms with Crippen molar-refractivity contribution in [3.8, 4) is 0 Å². The van der Waals surface area contributed by atoms with E-state index in [-0.39, 0.29) is 6.10 Å². The second kappa shape index (κ2) is 21.2. The molecular weight excluding hydrogens is 320 g/mol. The smallest absolute Gasteiger partial charge is 0.0776 e. The van der Waals surface area contributed by atoms with Gasteiger partial charge in [-0.1, -0.05) is 117 Å². The third kappa shape index (κ3) is 22.0. The lowest BCUT2D eigenvalue weighted by Gasteiger charge is -2.13. The van der Waals surface area contributed by atoms with Crippen LogP contribution in [0.5, 0.6) is 0 Å². The SMILES string of the molecule is CCCCCCCCCCCCCCCCCCOCC(O)CC(C)C. The van der Waals surface area contributed by atoms with Gasteiger partial charge in [-0.15, -0.1) is 0 Å². The van der Waals surface area contributed by atoms with Crippen LogP contribution in [0.25, 0.3) is 0 Å².